The lowest BCUT2D eigenvalue weighted by Gasteiger charge is -2.32. The van der Waals surface area contributed by atoms with Crippen LogP contribution >= 0.6 is 0 Å². The smallest absolute Gasteiger partial charge is 0.270 e. The minimum absolute atomic E-state index is 0.0806. The third kappa shape index (κ3) is 3.83. The number of nitrogens with zero attached hydrogens (tertiary/aromatic N) is 2. The molecule has 6 heteroatoms. The molecular weight excluding hydrogens is 270 g/mol. The van der Waals surface area contributed by atoms with Gasteiger partial charge < -0.3 is 20.5 Å². The van der Waals surface area contributed by atoms with Crippen molar-refractivity contribution in [3.63, 3.8) is 0 Å². The van der Waals surface area contributed by atoms with Crippen LogP contribution in [0.5, 0.6) is 0 Å². The number of carbonyl (C=O) groups is 1. The second-order valence-electron chi connectivity index (χ2n) is 5.45. The zero-order valence-corrected chi connectivity index (χ0v) is 12.7. The normalized spacial score (nSPS) is 27.8. The van der Waals surface area contributed by atoms with E-state index in [9.17, 15) is 4.79 Å². The number of aliphatic hydroxyl groups is 1. The number of carbonyl (C=O) groups excluding carboxylic acids is 1. The fourth-order valence-corrected chi connectivity index (χ4v) is 2.86. The summed E-state index contributed by atoms with van der Waals surface area (Å²) in [5, 5.41) is 9.16. The zero-order chi connectivity index (χ0) is 15.2. The third-order valence-corrected chi connectivity index (χ3v) is 3.97. The van der Waals surface area contributed by atoms with Crippen molar-refractivity contribution < 1.29 is 14.6 Å². The Morgan fingerprint density at radius 3 is 2.95 bits per heavy atom. The Morgan fingerprint density at radius 1 is 1.48 bits per heavy atom. The van der Waals surface area contributed by atoms with Gasteiger partial charge in [-0.1, -0.05) is 0 Å². The molecule has 1 saturated heterocycles. The highest BCUT2D eigenvalue weighted by Gasteiger charge is 2.27. The van der Waals surface area contributed by atoms with E-state index in [2.05, 4.69) is 4.99 Å². The Kier molecular flexibility index (Phi) is 5.76. The average Bonchev–Trinajstić information content (AvgIpc) is 2.54. The van der Waals surface area contributed by atoms with Crippen molar-refractivity contribution in [2.24, 2.45) is 10.7 Å². The minimum Gasteiger partial charge on any atom is -0.394 e. The summed E-state index contributed by atoms with van der Waals surface area (Å²) < 4.78 is 5.37. The number of nitrogens with two attached hydrogens (primary N) is 1. The Hall–Kier alpha value is -1.40. The molecule has 0 spiro atoms. The van der Waals surface area contributed by atoms with Crippen LogP contribution in [0.4, 0.5) is 0 Å². The molecule has 6 nitrogen and oxygen atoms in total. The number of morpholine rings is 1. The van der Waals surface area contributed by atoms with Crippen LogP contribution < -0.4 is 5.73 Å². The second kappa shape index (κ2) is 7.56. The quantitative estimate of drug-likeness (QED) is 0.740. The van der Waals surface area contributed by atoms with Crippen LogP contribution in [-0.2, 0) is 9.53 Å². The molecule has 0 aromatic rings. The van der Waals surface area contributed by atoms with Gasteiger partial charge in [0.2, 0.25) is 0 Å². The van der Waals surface area contributed by atoms with Gasteiger partial charge in [-0.2, -0.15) is 0 Å². The first-order valence-corrected chi connectivity index (χ1v) is 7.71. The topological polar surface area (TPSA) is 88.2 Å². The molecule has 1 amide bonds. The molecule has 21 heavy (non-hydrogen) atoms. The van der Waals surface area contributed by atoms with E-state index in [0.29, 0.717) is 31.9 Å². The number of amides is 1. The maximum Gasteiger partial charge on any atom is 0.270 e. The first-order chi connectivity index (χ1) is 10.2. The van der Waals surface area contributed by atoms with Gasteiger partial charge in [0.15, 0.2) is 0 Å². The van der Waals surface area contributed by atoms with Crippen molar-refractivity contribution in [2.45, 2.75) is 38.7 Å². The van der Waals surface area contributed by atoms with Gasteiger partial charge >= 0.3 is 0 Å². The fraction of sp³-hybridized carbons (Fsp3) is 0.733. The summed E-state index contributed by atoms with van der Waals surface area (Å²) in [7, 11) is 0. The van der Waals surface area contributed by atoms with Crippen LogP contribution in [0.2, 0.25) is 0 Å². The molecule has 1 unspecified atom stereocenters. The van der Waals surface area contributed by atoms with Crippen LogP contribution in [0.3, 0.4) is 0 Å². The van der Waals surface area contributed by atoms with Gasteiger partial charge in [0.1, 0.15) is 5.70 Å². The summed E-state index contributed by atoms with van der Waals surface area (Å²) in [5.41, 5.74) is 8.36. The van der Waals surface area contributed by atoms with Crippen molar-refractivity contribution in [2.75, 3.05) is 32.8 Å². The summed E-state index contributed by atoms with van der Waals surface area (Å²) in [5.74, 6) is -0.155. The largest absolute Gasteiger partial charge is 0.394 e. The van der Waals surface area contributed by atoms with Crippen LogP contribution in [0.15, 0.2) is 16.3 Å². The average molecular weight is 295 g/mol. The van der Waals surface area contributed by atoms with Gasteiger partial charge in [-0.05, 0) is 32.6 Å². The Labute approximate surface area is 125 Å². The lowest BCUT2D eigenvalue weighted by atomic mass is 9.90. The molecule has 1 saturated carbocycles. The van der Waals surface area contributed by atoms with Crippen molar-refractivity contribution in [3.05, 3.63) is 11.3 Å². The number of allylic oxidation sites excluding steroid dienone is 1. The van der Waals surface area contributed by atoms with E-state index in [1.54, 1.807) is 4.90 Å². The number of ether oxygens (including phenoxy) is 1. The second-order valence-corrected chi connectivity index (χ2v) is 5.45. The third-order valence-electron chi connectivity index (χ3n) is 3.97. The summed E-state index contributed by atoms with van der Waals surface area (Å²) in [4.78, 5) is 18.7. The van der Waals surface area contributed by atoms with E-state index in [1.807, 2.05) is 6.92 Å². The Morgan fingerprint density at radius 2 is 2.24 bits per heavy atom. The molecule has 1 atom stereocenters. The number of rotatable bonds is 3. The minimum atomic E-state index is -0.310. The van der Waals surface area contributed by atoms with E-state index >= 15 is 0 Å². The van der Waals surface area contributed by atoms with E-state index in [4.69, 9.17) is 15.6 Å². The molecular formula is C15H25N3O3. The predicted octanol–water partition coefficient (Wildman–Crippen LogP) is 0.454. The van der Waals surface area contributed by atoms with Crippen LogP contribution in [0, 0.1) is 0 Å². The van der Waals surface area contributed by atoms with E-state index < -0.39 is 0 Å². The SMILES string of the molecule is CCN=C1CCCC/C1=C(/N)C(=O)N1CCOC(CO)C1. The molecule has 1 heterocycles. The molecule has 1 aliphatic carbocycles. The van der Waals surface area contributed by atoms with E-state index in [0.717, 1.165) is 37.0 Å². The van der Waals surface area contributed by atoms with Crippen LogP contribution in [0.1, 0.15) is 32.6 Å². The summed E-state index contributed by atoms with van der Waals surface area (Å²) in [6.45, 7) is 3.97. The molecule has 2 rings (SSSR count). The number of aliphatic imine (C=N–C) groups is 1. The highest BCUT2D eigenvalue weighted by molar-refractivity contribution is 6.08. The van der Waals surface area contributed by atoms with Crippen molar-refractivity contribution in [1.82, 2.24) is 4.90 Å². The number of hydrogen-bond donors (Lipinski definition) is 2. The molecule has 0 radical (unpaired) electrons. The van der Waals surface area contributed by atoms with Gasteiger partial charge in [-0.25, -0.2) is 0 Å². The summed E-state index contributed by atoms with van der Waals surface area (Å²) >= 11 is 0. The van der Waals surface area contributed by atoms with Crippen molar-refractivity contribution in [3.8, 4) is 0 Å². The maximum absolute atomic E-state index is 12.6. The number of aliphatic hydroxyl groups excluding tert-OH is 1. The predicted molar refractivity (Wildman–Crippen MR) is 81.1 cm³/mol. The zero-order valence-electron chi connectivity index (χ0n) is 12.7. The first kappa shape index (κ1) is 16.0. The lowest BCUT2D eigenvalue weighted by Crippen LogP contribution is -2.48. The Bertz CT molecular complexity index is 445. The van der Waals surface area contributed by atoms with Gasteiger partial charge in [0.05, 0.1) is 19.3 Å². The van der Waals surface area contributed by atoms with Crippen molar-refractivity contribution in [1.29, 1.82) is 0 Å². The van der Waals surface area contributed by atoms with Gasteiger partial charge in [-0.15, -0.1) is 0 Å². The summed E-state index contributed by atoms with van der Waals surface area (Å²) in [6.07, 6.45) is 3.57. The molecule has 1 aliphatic heterocycles. The molecule has 0 bridgehead atoms. The fourth-order valence-electron chi connectivity index (χ4n) is 2.86. The van der Waals surface area contributed by atoms with E-state index in [1.165, 1.54) is 0 Å². The molecule has 118 valence electrons. The van der Waals surface area contributed by atoms with Gasteiger partial charge in [0.25, 0.3) is 5.91 Å². The highest BCUT2D eigenvalue weighted by atomic mass is 16.5. The van der Waals surface area contributed by atoms with Gasteiger partial charge in [0, 0.05) is 30.9 Å². The van der Waals surface area contributed by atoms with Crippen LogP contribution in [-0.4, -0.2) is 60.6 Å². The monoisotopic (exact) mass is 295 g/mol. The van der Waals surface area contributed by atoms with Crippen LogP contribution in [0.25, 0.3) is 0 Å². The molecule has 2 fully saturated rings. The van der Waals surface area contributed by atoms with Gasteiger partial charge in [-0.3, -0.25) is 9.79 Å². The molecule has 0 aromatic carbocycles. The molecule has 2 aliphatic rings. The molecule has 0 aromatic heterocycles. The highest BCUT2D eigenvalue weighted by Crippen LogP contribution is 2.24. The summed E-state index contributed by atoms with van der Waals surface area (Å²) in [6, 6.07) is 0. The molecule has 3 N–H and O–H groups in total. The van der Waals surface area contributed by atoms with E-state index in [-0.39, 0.29) is 18.6 Å². The lowest BCUT2D eigenvalue weighted by molar-refractivity contribution is -0.136. The first-order valence-electron chi connectivity index (χ1n) is 7.71. The standard InChI is InChI=1S/C15H25N3O3/c1-2-17-13-6-4-3-5-12(13)14(16)15(20)18-7-8-21-11(9-18)10-19/h11,19H,2-10,16H2,1H3/b14-12-,17-13?. The Balaban J connectivity index is 2.16. The van der Waals surface area contributed by atoms with Crippen molar-refractivity contribution >= 4 is 11.6 Å². The maximum atomic E-state index is 12.6. The number of hydrogen-bond acceptors (Lipinski definition) is 5.